The molecule has 5 heteroatoms. The predicted molar refractivity (Wildman–Crippen MR) is 82.8 cm³/mol. The van der Waals surface area contributed by atoms with Crippen LogP contribution in [0.2, 0.25) is 0 Å². The van der Waals surface area contributed by atoms with E-state index in [4.69, 9.17) is 4.74 Å². The van der Waals surface area contributed by atoms with Crippen LogP contribution in [0.3, 0.4) is 0 Å². The Morgan fingerprint density at radius 3 is 2.41 bits per heavy atom. The molecule has 1 amide bonds. The van der Waals surface area contributed by atoms with E-state index in [1.807, 2.05) is 24.3 Å². The third-order valence-electron chi connectivity index (χ3n) is 4.29. The maximum atomic E-state index is 12.2. The maximum Gasteiger partial charge on any atom is 0.307 e. The quantitative estimate of drug-likeness (QED) is 0.845. The number of aliphatic carboxylic acids is 1. The second-order valence-corrected chi connectivity index (χ2v) is 5.72. The number of methoxy groups -OCH3 is 1. The van der Waals surface area contributed by atoms with Crippen LogP contribution >= 0.6 is 0 Å². The fourth-order valence-electron chi connectivity index (χ4n) is 2.99. The Morgan fingerprint density at radius 2 is 1.82 bits per heavy atom. The number of ether oxygens (including phenoxy) is 1. The van der Waals surface area contributed by atoms with Crippen molar-refractivity contribution in [1.82, 2.24) is 5.32 Å². The number of carboxylic acid groups (broad SMARTS) is 1. The van der Waals surface area contributed by atoms with Crippen LogP contribution in [-0.2, 0) is 16.0 Å². The summed E-state index contributed by atoms with van der Waals surface area (Å²) in [5.74, 6) is -1.09. The van der Waals surface area contributed by atoms with Crippen molar-refractivity contribution in [2.45, 2.75) is 32.1 Å². The Balaban J connectivity index is 1.82. The highest BCUT2D eigenvalue weighted by Crippen LogP contribution is 2.30. The molecule has 1 saturated carbocycles. The summed E-state index contributed by atoms with van der Waals surface area (Å²) in [6.07, 6.45) is 3.82. The first-order valence-electron chi connectivity index (χ1n) is 7.75. The Kier molecular flexibility index (Phi) is 5.81. The molecule has 1 aromatic carbocycles. The predicted octanol–water partition coefficient (Wildman–Crippen LogP) is 2.24. The number of nitrogens with one attached hydrogen (secondary N) is 1. The number of amides is 1. The molecule has 1 aromatic rings. The van der Waals surface area contributed by atoms with Gasteiger partial charge in [-0.1, -0.05) is 25.0 Å². The zero-order chi connectivity index (χ0) is 15.9. The first-order chi connectivity index (χ1) is 10.6. The van der Waals surface area contributed by atoms with Crippen molar-refractivity contribution in [2.75, 3.05) is 13.7 Å². The van der Waals surface area contributed by atoms with Gasteiger partial charge >= 0.3 is 5.97 Å². The van der Waals surface area contributed by atoms with E-state index in [1.54, 1.807) is 7.11 Å². The van der Waals surface area contributed by atoms with Gasteiger partial charge in [0.25, 0.3) is 0 Å². The fourth-order valence-corrected chi connectivity index (χ4v) is 2.99. The third kappa shape index (κ3) is 4.23. The summed E-state index contributed by atoms with van der Waals surface area (Å²) in [6, 6.07) is 7.70. The molecular weight excluding hydrogens is 282 g/mol. The summed E-state index contributed by atoms with van der Waals surface area (Å²) in [5.41, 5.74) is 1.11. The minimum Gasteiger partial charge on any atom is -0.497 e. The van der Waals surface area contributed by atoms with Crippen LogP contribution in [0.5, 0.6) is 5.75 Å². The van der Waals surface area contributed by atoms with Crippen LogP contribution in [0.4, 0.5) is 0 Å². The Labute approximate surface area is 130 Å². The Morgan fingerprint density at radius 1 is 1.18 bits per heavy atom. The molecule has 22 heavy (non-hydrogen) atoms. The minimum absolute atomic E-state index is 0.124. The van der Waals surface area contributed by atoms with Gasteiger partial charge in [-0.2, -0.15) is 0 Å². The van der Waals surface area contributed by atoms with E-state index in [1.165, 1.54) is 0 Å². The fraction of sp³-hybridized carbons (Fsp3) is 0.529. The van der Waals surface area contributed by atoms with Crippen molar-refractivity contribution in [1.29, 1.82) is 0 Å². The molecule has 2 atom stereocenters. The molecule has 1 aliphatic carbocycles. The Hall–Kier alpha value is -2.04. The van der Waals surface area contributed by atoms with Gasteiger partial charge in [-0.3, -0.25) is 9.59 Å². The molecule has 1 aliphatic rings. The smallest absolute Gasteiger partial charge is 0.307 e. The lowest BCUT2D eigenvalue weighted by Crippen LogP contribution is -2.40. The largest absolute Gasteiger partial charge is 0.497 e. The lowest BCUT2D eigenvalue weighted by molar-refractivity contribution is -0.148. The lowest BCUT2D eigenvalue weighted by Gasteiger charge is -2.27. The van der Waals surface area contributed by atoms with E-state index in [-0.39, 0.29) is 11.8 Å². The summed E-state index contributed by atoms with van der Waals surface area (Å²) in [5, 5.41) is 12.1. The second-order valence-electron chi connectivity index (χ2n) is 5.72. The summed E-state index contributed by atoms with van der Waals surface area (Å²) < 4.78 is 5.10. The molecule has 0 heterocycles. The highest BCUT2D eigenvalue weighted by Gasteiger charge is 2.35. The first-order valence-corrected chi connectivity index (χ1v) is 7.75. The molecule has 0 spiro atoms. The number of benzene rings is 1. The Bertz CT molecular complexity index is 512. The molecule has 0 aromatic heterocycles. The number of carbonyl (C=O) groups is 2. The van der Waals surface area contributed by atoms with Gasteiger partial charge in [0.2, 0.25) is 5.91 Å². The van der Waals surface area contributed by atoms with Crippen LogP contribution in [0.1, 0.15) is 31.2 Å². The van der Waals surface area contributed by atoms with Gasteiger partial charge in [0, 0.05) is 6.54 Å². The van der Waals surface area contributed by atoms with Gasteiger partial charge in [-0.25, -0.2) is 0 Å². The number of hydrogen-bond donors (Lipinski definition) is 2. The summed E-state index contributed by atoms with van der Waals surface area (Å²) in [7, 11) is 1.62. The highest BCUT2D eigenvalue weighted by atomic mass is 16.5. The number of carboxylic acids is 1. The summed E-state index contributed by atoms with van der Waals surface area (Å²) in [6.45, 7) is 0.522. The average Bonchev–Trinajstić information content (AvgIpc) is 2.55. The third-order valence-corrected chi connectivity index (χ3v) is 4.29. The van der Waals surface area contributed by atoms with Gasteiger partial charge < -0.3 is 15.2 Å². The lowest BCUT2D eigenvalue weighted by atomic mass is 9.78. The SMILES string of the molecule is COc1ccc(CCNC(=O)[C@H]2CCCC[C@@H]2C(=O)O)cc1. The van der Waals surface area contributed by atoms with Gasteiger partial charge in [0.15, 0.2) is 0 Å². The van der Waals surface area contributed by atoms with E-state index in [2.05, 4.69) is 5.32 Å². The van der Waals surface area contributed by atoms with Crippen molar-refractivity contribution in [3.05, 3.63) is 29.8 Å². The normalized spacial score (nSPS) is 21.1. The van der Waals surface area contributed by atoms with E-state index >= 15 is 0 Å². The number of hydrogen-bond acceptors (Lipinski definition) is 3. The van der Waals surface area contributed by atoms with Crippen LogP contribution in [0.15, 0.2) is 24.3 Å². The summed E-state index contributed by atoms with van der Waals surface area (Å²) in [4.78, 5) is 23.4. The van der Waals surface area contributed by atoms with Crippen molar-refractivity contribution >= 4 is 11.9 Å². The van der Waals surface area contributed by atoms with Crippen LogP contribution in [0.25, 0.3) is 0 Å². The monoisotopic (exact) mass is 305 g/mol. The molecule has 2 rings (SSSR count). The number of carbonyl (C=O) groups excluding carboxylic acids is 1. The van der Waals surface area contributed by atoms with E-state index in [0.29, 0.717) is 19.4 Å². The van der Waals surface area contributed by atoms with Crippen molar-refractivity contribution in [3.8, 4) is 5.75 Å². The van der Waals surface area contributed by atoms with Crippen molar-refractivity contribution in [2.24, 2.45) is 11.8 Å². The van der Waals surface area contributed by atoms with Crippen LogP contribution < -0.4 is 10.1 Å². The van der Waals surface area contributed by atoms with Crippen LogP contribution in [-0.4, -0.2) is 30.6 Å². The molecule has 0 bridgehead atoms. The van der Waals surface area contributed by atoms with Gasteiger partial charge in [-0.05, 0) is 37.0 Å². The zero-order valence-electron chi connectivity index (χ0n) is 12.9. The molecule has 0 saturated heterocycles. The van der Waals surface area contributed by atoms with E-state index in [0.717, 1.165) is 30.6 Å². The van der Waals surface area contributed by atoms with Crippen molar-refractivity contribution in [3.63, 3.8) is 0 Å². The molecule has 120 valence electrons. The van der Waals surface area contributed by atoms with E-state index in [9.17, 15) is 14.7 Å². The van der Waals surface area contributed by atoms with Crippen molar-refractivity contribution < 1.29 is 19.4 Å². The standard InChI is InChI=1S/C17H23NO4/c1-22-13-8-6-12(7-9-13)10-11-18-16(19)14-4-2-3-5-15(14)17(20)21/h6-9,14-15H,2-5,10-11H2,1H3,(H,18,19)(H,20,21)/t14-,15-/m0/s1. The molecule has 0 radical (unpaired) electrons. The molecule has 0 unspecified atom stereocenters. The first kappa shape index (κ1) is 16.3. The highest BCUT2D eigenvalue weighted by molar-refractivity contribution is 5.84. The second kappa shape index (κ2) is 7.82. The molecule has 5 nitrogen and oxygen atoms in total. The van der Waals surface area contributed by atoms with Gasteiger partial charge in [0.1, 0.15) is 5.75 Å². The summed E-state index contributed by atoms with van der Waals surface area (Å²) >= 11 is 0. The van der Waals surface area contributed by atoms with Gasteiger partial charge in [-0.15, -0.1) is 0 Å². The average molecular weight is 305 g/mol. The topological polar surface area (TPSA) is 75.6 Å². The molecule has 0 aliphatic heterocycles. The number of rotatable bonds is 6. The minimum atomic E-state index is -0.852. The van der Waals surface area contributed by atoms with Gasteiger partial charge in [0.05, 0.1) is 18.9 Å². The molecule has 2 N–H and O–H groups in total. The zero-order valence-corrected chi connectivity index (χ0v) is 12.9. The van der Waals surface area contributed by atoms with E-state index < -0.39 is 11.9 Å². The maximum absolute atomic E-state index is 12.2. The van der Waals surface area contributed by atoms with Crippen LogP contribution in [0, 0.1) is 11.8 Å². The molecular formula is C17H23NO4. The molecule has 1 fully saturated rings.